The molecule has 1 heterocycles. The fourth-order valence-electron chi connectivity index (χ4n) is 1.55. The van der Waals surface area contributed by atoms with Crippen LogP contribution in [-0.4, -0.2) is 28.0 Å². The first kappa shape index (κ1) is 14.2. The number of hydrogen-bond donors (Lipinski definition) is 2. The number of carbonyl (C=O) groups excluding carboxylic acids is 1. The van der Waals surface area contributed by atoms with Gasteiger partial charge in [-0.1, -0.05) is 19.9 Å². The number of amides is 1. The monoisotopic (exact) mass is 250 g/mol. The van der Waals surface area contributed by atoms with Gasteiger partial charge in [-0.25, -0.2) is 4.79 Å². The van der Waals surface area contributed by atoms with Crippen molar-refractivity contribution in [1.82, 2.24) is 10.3 Å². The molecular weight excluding hydrogens is 232 g/mol. The SMILES string of the molecule is CC(C)[C@H](NC(=O)CCc1ccccn1)C(=O)O. The molecule has 0 fully saturated rings. The largest absolute Gasteiger partial charge is 0.480 e. The summed E-state index contributed by atoms with van der Waals surface area (Å²) in [4.78, 5) is 26.7. The Labute approximate surface area is 106 Å². The van der Waals surface area contributed by atoms with Crippen LogP contribution in [0.3, 0.4) is 0 Å². The van der Waals surface area contributed by atoms with E-state index in [0.717, 1.165) is 5.69 Å². The molecular formula is C13H18N2O3. The standard InChI is InChI=1S/C13H18N2O3/c1-9(2)12(13(17)18)15-11(16)7-6-10-5-3-4-8-14-10/h3-5,8-9,12H,6-7H2,1-2H3,(H,15,16)(H,17,18)/t12-/m0/s1. The van der Waals surface area contributed by atoms with E-state index in [-0.39, 0.29) is 18.2 Å². The fraction of sp³-hybridized carbons (Fsp3) is 0.462. The van der Waals surface area contributed by atoms with Crippen molar-refractivity contribution in [3.63, 3.8) is 0 Å². The third-order valence-corrected chi connectivity index (χ3v) is 2.58. The third kappa shape index (κ3) is 4.53. The Morgan fingerprint density at radius 2 is 2.11 bits per heavy atom. The fourth-order valence-corrected chi connectivity index (χ4v) is 1.55. The first-order valence-corrected chi connectivity index (χ1v) is 5.92. The number of carboxylic acid groups (broad SMARTS) is 1. The van der Waals surface area contributed by atoms with E-state index in [1.807, 2.05) is 18.2 Å². The van der Waals surface area contributed by atoms with Gasteiger partial charge in [-0.15, -0.1) is 0 Å². The van der Waals surface area contributed by atoms with Crippen LogP contribution in [0.25, 0.3) is 0 Å². The molecule has 98 valence electrons. The Bertz CT molecular complexity index is 404. The maximum absolute atomic E-state index is 11.6. The number of rotatable bonds is 6. The predicted octanol–water partition coefficient (Wildman–Crippen LogP) is 1.24. The maximum Gasteiger partial charge on any atom is 0.326 e. The lowest BCUT2D eigenvalue weighted by Gasteiger charge is -2.17. The van der Waals surface area contributed by atoms with Gasteiger partial charge < -0.3 is 10.4 Å². The van der Waals surface area contributed by atoms with E-state index in [0.29, 0.717) is 6.42 Å². The number of carbonyl (C=O) groups is 2. The molecule has 0 bridgehead atoms. The first-order valence-electron chi connectivity index (χ1n) is 5.92. The summed E-state index contributed by atoms with van der Waals surface area (Å²) in [6.07, 6.45) is 2.42. The number of nitrogens with one attached hydrogen (secondary N) is 1. The normalized spacial score (nSPS) is 12.2. The minimum atomic E-state index is -1.00. The molecule has 0 unspecified atom stereocenters. The highest BCUT2D eigenvalue weighted by atomic mass is 16.4. The van der Waals surface area contributed by atoms with Gasteiger partial charge in [0.2, 0.25) is 5.91 Å². The van der Waals surface area contributed by atoms with E-state index in [2.05, 4.69) is 10.3 Å². The molecule has 0 saturated heterocycles. The highest BCUT2D eigenvalue weighted by Gasteiger charge is 2.22. The van der Waals surface area contributed by atoms with Crippen LogP contribution in [-0.2, 0) is 16.0 Å². The molecule has 0 spiro atoms. The van der Waals surface area contributed by atoms with Gasteiger partial charge in [0.1, 0.15) is 6.04 Å². The summed E-state index contributed by atoms with van der Waals surface area (Å²) >= 11 is 0. The van der Waals surface area contributed by atoms with Crippen molar-refractivity contribution in [1.29, 1.82) is 0 Å². The highest BCUT2D eigenvalue weighted by molar-refractivity contribution is 5.83. The van der Waals surface area contributed by atoms with E-state index in [1.54, 1.807) is 20.0 Å². The van der Waals surface area contributed by atoms with Gasteiger partial charge in [0, 0.05) is 18.3 Å². The van der Waals surface area contributed by atoms with Crippen molar-refractivity contribution in [3.8, 4) is 0 Å². The molecule has 0 aliphatic heterocycles. The Morgan fingerprint density at radius 3 is 2.61 bits per heavy atom. The summed E-state index contributed by atoms with van der Waals surface area (Å²) in [6, 6.07) is 4.67. The number of pyridine rings is 1. The van der Waals surface area contributed by atoms with Crippen LogP contribution >= 0.6 is 0 Å². The van der Waals surface area contributed by atoms with E-state index >= 15 is 0 Å². The quantitative estimate of drug-likeness (QED) is 0.796. The van der Waals surface area contributed by atoms with Crippen molar-refractivity contribution in [3.05, 3.63) is 30.1 Å². The van der Waals surface area contributed by atoms with Crippen LogP contribution in [0.2, 0.25) is 0 Å². The molecule has 18 heavy (non-hydrogen) atoms. The van der Waals surface area contributed by atoms with Gasteiger partial charge in [0.15, 0.2) is 0 Å². The number of aryl methyl sites for hydroxylation is 1. The molecule has 1 amide bonds. The number of aromatic nitrogens is 1. The minimum Gasteiger partial charge on any atom is -0.480 e. The summed E-state index contributed by atoms with van der Waals surface area (Å²) in [7, 11) is 0. The summed E-state index contributed by atoms with van der Waals surface area (Å²) < 4.78 is 0. The third-order valence-electron chi connectivity index (χ3n) is 2.58. The lowest BCUT2D eigenvalue weighted by atomic mass is 10.0. The molecule has 0 saturated carbocycles. The number of hydrogen-bond acceptors (Lipinski definition) is 3. The smallest absolute Gasteiger partial charge is 0.326 e. The van der Waals surface area contributed by atoms with Gasteiger partial charge in [0.25, 0.3) is 0 Å². The van der Waals surface area contributed by atoms with Crippen LogP contribution in [0, 0.1) is 5.92 Å². The molecule has 1 aromatic heterocycles. The van der Waals surface area contributed by atoms with E-state index in [1.165, 1.54) is 0 Å². The average Bonchev–Trinajstić information content (AvgIpc) is 2.34. The summed E-state index contributed by atoms with van der Waals surface area (Å²) in [6.45, 7) is 3.52. The van der Waals surface area contributed by atoms with Crippen LogP contribution in [0.4, 0.5) is 0 Å². The second-order valence-corrected chi connectivity index (χ2v) is 4.45. The van der Waals surface area contributed by atoms with Crippen molar-refractivity contribution in [2.24, 2.45) is 5.92 Å². The number of nitrogens with zero attached hydrogens (tertiary/aromatic N) is 1. The first-order chi connectivity index (χ1) is 8.50. The van der Waals surface area contributed by atoms with Crippen LogP contribution in [0.5, 0.6) is 0 Å². The highest BCUT2D eigenvalue weighted by Crippen LogP contribution is 2.03. The predicted molar refractivity (Wildman–Crippen MR) is 67.0 cm³/mol. The second kappa shape index (κ2) is 6.74. The van der Waals surface area contributed by atoms with Crippen LogP contribution < -0.4 is 5.32 Å². The lowest BCUT2D eigenvalue weighted by Crippen LogP contribution is -2.44. The van der Waals surface area contributed by atoms with Crippen LogP contribution in [0.15, 0.2) is 24.4 Å². The Morgan fingerprint density at radius 1 is 1.39 bits per heavy atom. The maximum atomic E-state index is 11.6. The number of aliphatic carboxylic acids is 1. The molecule has 0 radical (unpaired) electrons. The van der Waals surface area contributed by atoms with Crippen molar-refractivity contribution in [2.45, 2.75) is 32.7 Å². The van der Waals surface area contributed by atoms with Gasteiger partial charge in [-0.3, -0.25) is 9.78 Å². The molecule has 1 rings (SSSR count). The lowest BCUT2D eigenvalue weighted by molar-refractivity contribution is -0.143. The van der Waals surface area contributed by atoms with E-state index < -0.39 is 12.0 Å². The van der Waals surface area contributed by atoms with Gasteiger partial charge >= 0.3 is 5.97 Å². The minimum absolute atomic E-state index is 0.138. The molecule has 5 nitrogen and oxygen atoms in total. The molecule has 2 N–H and O–H groups in total. The zero-order valence-electron chi connectivity index (χ0n) is 10.6. The summed E-state index contributed by atoms with van der Waals surface area (Å²) in [5.41, 5.74) is 0.823. The summed E-state index contributed by atoms with van der Waals surface area (Å²) in [5, 5.41) is 11.5. The Balaban J connectivity index is 2.44. The zero-order chi connectivity index (χ0) is 13.5. The zero-order valence-corrected chi connectivity index (χ0v) is 10.6. The molecule has 0 aromatic carbocycles. The number of carboxylic acids is 1. The molecule has 0 aliphatic rings. The Hall–Kier alpha value is -1.91. The summed E-state index contributed by atoms with van der Waals surface area (Å²) in [5.74, 6) is -1.40. The Kier molecular flexibility index (Phi) is 5.30. The average molecular weight is 250 g/mol. The second-order valence-electron chi connectivity index (χ2n) is 4.45. The van der Waals surface area contributed by atoms with E-state index in [4.69, 9.17) is 5.11 Å². The van der Waals surface area contributed by atoms with Crippen molar-refractivity contribution in [2.75, 3.05) is 0 Å². The van der Waals surface area contributed by atoms with Crippen molar-refractivity contribution >= 4 is 11.9 Å². The molecule has 1 atom stereocenters. The molecule has 5 heteroatoms. The van der Waals surface area contributed by atoms with Crippen LogP contribution in [0.1, 0.15) is 26.0 Å². The molecule has 1 aromatic rings. The van der Waals surface area contributed by atoms with E-state index in [9.17, 15) is 9.59 Å². The van der Waals surface area contributed by atoms with Gasteiger partial charge in [-0.05, 0) is 24.5 Å². The van der Waals surface area contributed by atoms with Gasteiger partial charge in [0.05, 0.1) is 0 Å². The van der Waals surface area contributed by atoms with Crippen molar-refractivity contribution < 1.29 is 14.7 Å². The van der Waals surface area contributed by atoms with Gasteiger partial charge in [-0.2, -0.15) is 0 Å². The molecule has 0 aliphatic carbocycles. The topological polar surface area (TPSA) is 79.3 Å².